The van der Waals surface area contributed by atoms with E-state index in [0.717, 1.165) is 24.1 Å². The minimum atomic E-state index is -2.60. The molecule has 9 heteroatoms. The molecule has 1 saturated heterocycles. The predicted octanol–water partition coefficient (Wildman–Crippen LogP) is 3.23. The van der Waals surface area contributed by atoms with Gasteiger partial charge in [-0.25, -0.2) is 9.98 Å². The average molecular weight is 490 g/mol. The predicted molar refractivity (Wildman–Crippen MR) is 114 cm³/mol. The Morgan fingerprint density at radius 2 is 2.11 bits per heavy atom. The Morgan fingerprint density at radius 3 is 2.81 bits per heavy atom. The Balaban J connectivity index is 0.00000261. The van der Waals surface area contributed by atoms with E-state index in [4.69, 9.17) is 0 Å². The number of imidazole rings is 1. The number of rotatable bonds is 6. The summed E-state index contributed by atoms with van der Waals surface area (Å²) in [4.78, 5) is 10.7. The summed E-state index contributed by atoms with van der Waals surface area (Å²) in [5, 5.41) is 6.57. The number of halogens is 3. The standard InChI is InChI=1S/C18H24F2N6.HI/c1-2-21-18(23-12-16-22-9-11-26(16)17(19)20)24-14-8-10-25(13-14)15-6-4-3-5-7-15;/h3-7,9,11,14,17H,2,8,10,12-13H2,1H3,(H2,21,23,24);1H. The quantitative estimate of drug-likeness (QED) is 0.371. The van der Waals surface area contributed by atoms with Crippen LogP contribution in [0.4, 0.5) is 14.5 Å². The van der Waals surface area contributed by atoms with Crippen LogP contribution in [0, 0.1) is 0 Å². The molecule has 1 aromatic carbocycles. The molecule has 27 heavy (non-hydrogen) atoms. The maximum atomic E-state index is 12.9. The third kappa shape index (κ3) is 5.78. The molecule has 0 radical (unpaired) electrons. The van der Waals surface area contributed by atoms with Gasteiger partial charge in [0.25, 0.3) is 0 Å². The zero-order valence-electron chi connectivity index (χ0n) is 15.2. The van der Waals surface area contributed by atoms with Crippen LogP contribution in [0.15, 0.2) is 47.7 Å². The van der Waals surface area contributed by atoms with E-state index in [1.54, 1.807) is 0 Å². The van der Waals surface area contributed by atoms with Gasteiger partial charge in [0, 0.05) is 43.8 Å². The van der Waals surface area contributed by atoms with E-state index in [1.807, 2.05) is 25.1 Å². The summed E-state index contributed by atoms with van der Waals surface area (Å²) in [6, 6.07) is 10.5. The summed E-state index contributed by atoms with van der Waals surface area (Å²) >= 11 is 0. The summed E-state index contributed by atoms with van der Waals surface area (Å²) in [6.07, 6.45) is 3.63. The van der Waals surface area contributed by atoms with E-state index in [-0.39, 0.29) is 42.4 Å². The van der Waals surface area contributed by atoms with Crippen LogP contribution < -0.4 is 15.5 Å². The van der Waals surface area contributed by atoms with E-state index >= 15 is 0 Å². The molecule has 1 atom stereocenters. The van der Waals surface area contributed by atoms with Gasteiger partial charge >= 0.3 is 6.55 Å². The van der Waals surface area contributed by atoms with E-state index in [0.29, 0.717) is 12.5 Å². The molecular weight excluding hydrogens is 465 g/mol. The molecule has 2 N–H and O–H groups in total. The van der Waals surface area contributed by atoms with Gasteiger partial charge in [-0.2, -0.15) is 8.78 Å². The minimum absolute atomic E-state index is 0. The van der Waals surface area contributed by atoms with Crippen LogP contribution in [0.2, 0.25) is 0 Å². The molecule has 0 saturated carbocycles. The maximum absolute atomic E-state index is 12.9. The first-order chi connectivity index (χ1) is 12.7. The number of aliphatic imine (C=N–C) groups is 1. The van der Waals surface area contributed by atoms with Crippen LogP contribution in [-0.4, -0.2) is 41.2 Å². The van der Waals surface area contributed by atoms with Gasteiger partial charge in [0.1, 0.15) is 12.4 Å². The molecule has 2 heterocycles. The smallest absolute Gasteiger partial charge is 0.319 e. The van der Waals surface area contributed by atoms with Gasteiger partial charge in [-0.15, -0.1) is 24.0 Å². The van der Waals surface area contributed by atoms with Crippen LogP contribution in [0.3, 0.4) is 0 Å². The van der Waals surface area contributed by atoms with Crippen molar-refractivity contribution in [2.75, 3.05) is 24.5 Å². The van der Waals surface area contributed by atoms with Gasteiger partial charge in [0.2, 0.25) is 0 Å². The molecule has 0 aliphatic carbocycles. The first-order valence-corrected chi connectivity index (χ1v) is 8.82. The largest absolute Gasteiger partial charge is 0.369 e. The monoisotopic (exact) mass is 490 g/mol. The fraction of sp³-hybridized carbons (Fsp3) is 0.444. The van der Waals surface area contributed by atoms with Crippen molar-refractivity contribution >= 4 is 35.6 Å². The first kappa shape index (κ1) is 21.4. The minimum Gasteiger partial charge on any atom is -0.369 e. The van der Waals surface area contributed by atoms with E-state index < -0.39 is 6.55 Å². The van der Waals surface area contributed by atoms with Crippen LogP contribution >= 0.6 is 24.0 Å². The zero-order chi connectivity index (χ0) is 18.4. The Labute approximate surface area is 175 Å². The highest BCUT2D eigenvalue weighted by Gasteiger charge is 2.23. The zero-order valence-corrected chi connectivity index (χ0v) is 17.5. The number of hydrogen-bond acceptors (Lipinski definition) is 3. The van der Waals surface area contributed by atoms with E-state index in [1.165, 1.54) is 18.1 Å². The first-order valence-electron chi connectivity index (χ1n) is 8.82. The second-order valence-corrected chi connectivity index (χ2v) is 6.14. The van der Waals surface area contributed by atoms with Crippen molar-refractivity contribution in [3.05, 3.63) is 48.5 Å². The van der Waals surface area contributed by atoms with Gasteiger partial charge in [-0.05, 0) is 25.5 Å². The van der Waals surface area contributed by atoms with E-state index in [2.05, 4.69) is 37.6 Å². The second kappa shape index (κ2) is 10.4. The van der Waals surface area contributed by atoms with Crippen LogP contribution in [0.5, 0.6) is 0 Å². The Morgan fingerprint density at radius 1 is 1.33 bits per heavy atom. The molecule has 1 aromatic heterocycles. The number of guanidine groups is 1. The molecule has 1 unspecified atom stereocenters. The number of benzene rings is 1. The van der Waals surface area contributed by atoms with Crippen LogP contribution in [0.25, 0.3) is 0 Å². The van der Waals surface area contributed by atoms with E-state index in [9.17, 15) is 8.78 Å². The lowest BCUT2D eigenvalue weighted by Crippen LogP contribution is -2.44. The van der Waals surface area contributed by atoms with Crippen molar-refractivity contribution in [1.82, 2.24) is 20.2 Å². The number of hydrogen-bond donors (Lipinski definition) is 2. The molecule has 1 fully saturated rings. The normalized spacial score (nSPS) is 17.1. The molecule has 148 valence electrons. The molecule has 1 aliphatic heterocycles. The lowest BCUT2D eigenvalue weighted by atomic mass is 10.3. The van der Waals surface area contributed by atoms with Crippen molar-refractivity contribution in [1.29, 1.82) is 0 Å². The molecule has 0 amide bonds. The fourth-order valence-corrected chi connectivity index (χ4v) is 3.06. The molecule has 0 bridgehead atoms. The highest BCUT2D eigenvalue weighted by atomic mass is 127. The van der Waals surface area contributed by atoms with Gasteiger partial charge in [-0.3, -0.25) is 4.57 Å². The Kier molecular flexibility index (Phi) is 8.26. The lowest BCUT2D eigenvalue weighted by molar-refractivity contribution is 0.0671. The van der Waals surface area contributed by atoms with Crippen molar-refractivity contribution in [2.45, 2.75) is 32.5 Å². The Bertz CT molecular complexity index is 722. The topological polar surface area (TPSA) is 57.5 Å². The highest BCUT2D eigenvalue weighted by molar-refractivity contribution is 14.0. The van der Waals surface area contributed by atoms with Crippen molar-refractivity contribution < 1.29 is 8.78 Å². The number of alkyl halides is 2. The number of para-hydroxylation sites is 1. The maximum Gasteiger partial charge on any atom is 0.319 e. The summed E-state index contributed by atoms with van der Waals surface area (Å²) in [5.74, 6) is 0.866. The fourth-order valence-electron chi connectivity index (χ4n) is 3.06. The third-order valence-electron chi connectivity index (χ3n) is 4.33. The Hall–Kier alpha value is -1.91. The van der Waals surface area contributed by atoms with Gasteiger partial charge in [0.15, 0.2) is 5.96 Å². The summed E-state index contributed by atoms with van der Waals surface area (Å²) in [6.45, 7) is 2.01. The number of aromatic nitrogens is 2. The lowest BCUT2D eigenvalue weighted by Gasteiger charge is -2.20. The summed E-state index contributed by atoms with van der Waals surface area (Å²) in [7, 11) is 0. The number of nitrogens with one attached hydrogen (secondary N) is 2. The molecule has 1 aliphatic rings. The van der Waals surface area contributed by atoms with Crippen LogP contribution in [-0.2, 0) is 6.54 Å². The number of anilines is 1. The van der Waals surface area contributed by atoms with Crippen molar-refractivity contribution in [3.63, 3.8) is 0 Å². The highest BCUT2D eigenvalue weighted by Crippen LogP contribution is 2.19. The number of nitrogens with zero attached hydrogens (tertiary/aromatic N) is 4. The molecular formula is C18H25F2IN6. The average Bonchev–Trinajstić information content (AvgIpc) is 3.30. The summed E-state index contributed by atoms with van der Waals surface area (Å²) < 4.78 is 26.6. The van der Waals surface area contributed by atoms with Crippen molar-refractivity contribution in [2.24, 2.45) is 4.99 Å². The molecule has 2 aromatic rings. The van der Waals surface area contributed by atoms with Gasteiger partial charge in [-0.1, -0.05) is 18.2 Å². The second-order valence-electron chi connectivity index (χ2n) is 6.14. The summed E-state index contributed by atoms with van der Waals surface area (Å²) in [5.41, 5.74) is 1.21. The third-order valence-corrected chi connectivity index (χ3v) is 4.33. The van der Waals surface area contributed by atoms with Crippen LogP contribution in [0.1, 0.15) is 25.7 Å². The van der Waals surface area contributed by atoms with Crippen molar-refractivity contribution in [3.8, 4) is 0 Å². The molecule has 0 spiro atoms. The van der Waals surface area contributed by atoms with Gasteiger partial charge < -0.3 is 15.5 Å². The molecule has 6 nitrogen and oxygen atoms in total. The molecule has 3 rings (SSSR count). The SMILES string of the molecule is CCNC(=NCc1nccn1C(F)F)NC1CCN(c2ccccc2)C1.I. The van der Waals surface area contributed by atoms with Gasteiger partial charge in [0.05, 0.1) is 0 Å².